The van der Waals surface area contributed by atoms with E-state index in [4.69, 9.17) is 0 Å². The number of aliphatic hydroxyl groups is 1. The van der Waals surface area contributed by atoms with Gasteiger partial charge in [-0.1, -0.05) is 72.8 Å². The molecule has 1 N–H and O–H groups in total. The van der Waals surface area contributed by atoms with Crippen LogP contribution in [0.25, 0.3) is 0 Å². The minimum absolute atomic E-state index is 0.146. The van der Waals surface area contributed by atoms with E-state index in [1.165, 1.54) is 11.1 Å². The van der Waals surface area contributed by atoms with Crippen LogP contribution in [-0.2, 0) is 11.8 Å². The SMILES string of the molecule is C=C1[C@@H](Cc2ccccc2)[C@]1(CO)c1ccccc1. The molecule has 3 rings (SSSR count). The lowest BCUT2D eigenvalue weighted by Crippen LogP contribution is -2.16. The van der Waals surface area contributed by atoms with Gasteiger partial charge in [0.25, 0.3) is 0 Å². The molecule has 1 aliphatic carbocycles. The zero-order valence-electron chi connectivity index (χ0n) is 10.9. The molecule has 0 radical (unpaired) electrons. The van der Waals surface area contributed by atoms with Crippen LogP contribution >= 0.6 is 0 Å². The maximum atomic E-state index is 9.87. The van der Waals surface area contributed by atoms with Gasteiger partial charge in [-0.3, -0.25) is 0 Å². The van der Waals surface area contributed by atoms with Crippen LogP contribution < -0.4 is 0 Å². The molecule has 1 nitrogen and oxygen atoms in total. The van der Waals surface area contributed by atoms with E-state index >= 15 is 0 Å². The van der Waals surface area contributed by atoms with Crippen LogP contribution in [0.5, 0.6) is 0 Å². The van der Waals surface area contributed by atoms with Crippen LogP contribution in [0.2, 0.25) is 0 Å². The van der Waals surface area contributed by atoms with Crippen molar-refractivity contribution in [3.8, 4) is 0 Å². The fourth-order valence-electron chi connectivity index (χ4n) is 3.09. The minimum atomic E-state index is -0.225. The molecule has 2 aromatic carbocycles. The molecule has 0 unspecified atom stereocenters. The lowest BCUT2D eigenvalue weighted by Gasteiger charge is -2.14. The van der Waals surface area contributed by atoms with E-state index in [0.717, 1.165) is 12.0 Å². The molecular weight excluding hydrogens is 232 g/mol. The maximum absolute atomic E-state index is 9.87. The van der Waals surface area contributed by atoms with E-state index in [2.05, 4.69) is 43.0 Å². The Morgan fingerprint density at radius 2 is 1.53 bits per heavy atom. The summed E-state index contributed by atoms with van der Waals surface area (Å²) in [6, 6.07) is 20.7. The van der Waals surface area contributed by atoms with Gasteiger partial charge >= 0.3 is 0 Å². The molecule has 0 bridgehead atoms. The standard InChI is InChI=1S/C18H18O/c1-14-17(12-15-8-4-2-5-9-15)18(14,13-19)16-10-6-3-7-11-16/h2-11,17,19H,1,12-13H2/t17-,18+/m1/s1. The Kier molecular flexibility index (Phi) is 3.00. The predicted molar refractivity (Wildman–Crippen MR) is 78.0 cm³/mol. The molecule has 0 heterocycles. The summed E-state index contributed by atoms with van der Waals surface area (Å²) in [4.78, 5) is 0. The Hall–Kier alpha value is -1.86. The van der Waals surface area contributed by atoms with E-state index in [1.807, 2.05) is 24.3 Å². The molecular formula is C18H18O. The van der Waals surface area contributed by atoms with Gasteiger partial charge < -0.3 is 5.11 Å². The molecule has 96 valence electrons. The summed E-state index contributed by atoms with van der Waals surface area (Å²) in [5.74, 6) is 0.349. The van der Waals surface area contributed by atoms with Gasteiger partial charge in [-0.15, -0.1) is 0 Å². The molecule has 0 spiro atoms. The molecule has 2 atom stereocenters. The van der Waals surface area contributed by atoms with E-state index in [9.17, 15) is 5.11 Å². The van der Waals surface area contributed by atoms with Crippen molar-refractivity contribution in [1.82, 2.24) is 0 Å². The van der Waals surface area contributed by atoms with Gasteiger partial charge in [0, 0.05) is 11.3 Å². The summed E-state index contributed by atoms with van der Waals surface area (Å²) in [5.41, 5.74) is 3.42. The van der Waals surface area contributed by atoms with Crippen molar-refractivity contribution >= 4 is 0 Å². The van der Waals surface area contributed by atoms with Crippen molar-refractivity contribution in [3.05, 3.63) is 83.9 Å². The smallest absolute Gasteiger partial charge is 0.0571 e. The summed E-state index contributed by atoms with van der Waals surface area (Å²) in [6.45, 7) is 4.33. The van der Waals surface area contributed by atoms with E-state index in [0.29, 0.717) is 5.92 Å². The summed E-state index contributed by atoms with van der Waals surface area (Å²) >= 11 is 0. The molecule has 2 aromatic rings. The minimum Gasteiger partial charge on any atom is -0.395 e. The second-order valence-corrected chi connectivity index (χ2v) is 5.26. The van der Waals surface area contributed by atoms with Crippen LogP contribution in [0, 0.1) is 5.92 Å². The highest BCUT2D eigenvalue weighted by molar-refractivity contribution is 5.53. The van der Waals surface area contributed by atoms with Gasteiger partial charge in [0.1, 0.15) is 0 Å². The highest BCUT2D eigenvalue weighted by atomic mass is 16.3. The summed E-state index contributed by atoms with van der Waals surface area (Å²) in [6.07, 6.45) is 0.953. The Morgan fingerprint density at radius 1 is 0.947 bits per heavy atom. The summed E-state index contributed by atoms with van der Waals surface area (Å²) < 4.78 is 0. The van der Waals surface area contributed by atoms with E-state index < -0.39 is 0 Å². The second kappa shape index (κ2) is 4.67. The third kappa shape index (κ3) is 1.91. The largest absolute Gasteiger partial charge is 0.395 e. The fourth-order valence-corrected chi connectivity index (χ4v) is 3.09. The second-order valence-electron chi connectivity index (χ2n) is 5.26. The molecule has 1 aliphatic rings. The normalized spacial score (nSPS) is 25.3. The highest BCUT2D eigenvalue weighted by Gasteiger charge is 2.58. The summed E-state index contributed by atoms with van der Waals surface area (Å²) in [5, 5.41) is 9.87. The quantitative estimate of drug-likeness (QED) is 0.825. The van der Waals surface area contributed by atoms with Crippen molar-refractivity contribution < 1.29 is 5.11 Å². The molecule has 0 amide bonds. The average molecular weight is 250 g/mol. The van der Waals surface area contributed by atoms with Gasteiger partial charge in [-0.2, -0.15) is 0 Å². The lowest BCUT2D eigenvalue weighted by molar-refractivity contribution is 0.249. The summed E-state index contributed by atoms with van der Waals surface area (Å²) in [7, 11) is 0. The number of rotatable bonds is 4. The Balaban J connectivity index is 1.87. The first-order chi connectivity index (χ1) is 9.29. The van der Waals surface area contributed by atoms with E-state index in [-0.39, 0.29) is 12.0 Å². The molecule has 0 aromatic heterocycles. The predicted octanol–water partition coefficient (Wildman–Crippen LogP) is 3.35. The fraction of sp³-hybridized carbons (Fsp3) is 0.222. The van der Waals surface area contributed by atoms with Gasteiger partial charge in [0.05, 0.1) is 6.61 Å². The van der Waals surface area contributed by atoms with Gasteiger partial charge in [-0.25, -0.2) is 0 Å². The Bertz CT molecular complexity index is 573. The number of hydrogen-bond donors (Lipinski definition) is 1. The van der Waals surface area contributed by atoms with Gasteiger partial charge in [0.2, 0.25) is 0 Å². The molecule has 1 heteroatoms. The van der Waals surface area contributed by atoms with Crippen molar-refractivity contribution in [2.45, 2.75) is 11.8 Å². The van der Waals surface area contributed by atoms with Crippen LogP contribution in [-0.4, -0.2) is 11.7 Å². The highest BCUT2D eigenvalue weighted by Crippen LogP contribution is 2.59. The van der Waals surface area contributed by atoms with Crippen LogP contribution in [0.15, 0.2) is 72.8 Å². The van der Waals surface area contributed by atoms with Crippen LogP contribution in [0.1, 0.15) is 11.1 Å². The molecule has 19 heavy (non-hydrogen) atoms. The number of benzene rings is 2. The molecule has 1 fully saturated rings. The zero-order valence-corrected chi connectivity index (χ0v) is 10.9. The topological polar surface area (TPSA) is 20.2 Å². The van der Waals surface area contributed by atoms with Crippen molar-refractivity contribution in [2.75, 3.05) is 6.61 Å². The first-order valence-electron chi connectivity index (χ1n) is 6.68. The van der Waals surface area contributed by atoms with Crippen molar-refractivity contribution in [1.29, 1.82) is 0 Å². The molecule has 0 aliphatic heterocycles. The zero-order chi connectivity index (χ0) is 13.3. The van der Waals surface area contributed by atoms with Gasteiger partial charge in [-0.05, 0) is 17.5 Å². The Labute approximate surface area is 114 Å². The van der Waals surface area contributed by atoms with Crippen LogP contribution in [0.3, 0.4) is 0 Å². The monoisotopic (exact) mass is 250 g/mol. The van der Waals surface area contributed by atoms with E-state index in [1.54, 1.807) is 0 Å². The lowest BCUT2D eigenvalue weighted by atomic mass is 9.91. The third-order valence-electron chi connectivity index (χ3n) is 4.33. The number of hydrogen-bond acceptors (Lipinski definition) is 1. The first kappa shape index (κ1) is 12.2. The third-order valence-corrected chi connectivity index (χ3v) is 4.33. The van der Waals surface area contributed by atoms with Gasteiger partial charge in [0.15, 0.2) is 0 Å². The van der Waals surface area contributed by atoms with Crippen molar-refractivity contribution in [3.63, 3.8) is 0 Å². The molecule has 0 saturated heterocycles. The number of aliphatic hydroxyl groups excluding tert-OH is 1. The molecule has 1 saturated carbocycles. The van der Waals surface area contributed by atoms with Crippen molar-refractivity contribution in [2.24, 2.45) is 5.92 Å². The Morgan fingerprint density at radius 3 is 2.11 bits per heavy atom. The average Bonchev–Trinajstić information content (AvgIpc) is 3.05. The maximum Gasteiger partial charge on any atom is 0.0571 e. The van der Waals surface area contributed by atoms with Crippen LogP contribution in [0.4, 0.5) is 0 Å². The first-order valence-corrected chi connectivity index (χ1v) is 6.68.